The van der Waals surface area contributed by atoms with E-state index in [1.54, 1.807) is 22.5 Å². The summed E-state index contributed by atoms with van der Waals surface area (Å²) in [5.41, 5.74) is 2.66. The number of rotatable bonds is 3. The number of aromatic nitrogens is 3. The van der Waals surface area contributed by atoms with Gasteiger partial charge in [-0.05, 0) is 38.8 Å². The van der Waals surface area contributed by atoms with Crippen LogP contribution in [0.25, 0.3) is 11.0 Å². The fraction of sp³-hybridized carbons (Fsp3) is 0.400. The first-order valence-electron chi connectivity index (χ1n) is 7.66. The summed E-state index contributed by atoms with van der Waals surface area (Å²) in [4.78, 5) is 0.215. The van der Waals surface area contributed by atoms with Crippen LogP contribution in [0, 0.1) is 13.8 Å². The quantitative estimate of drug-likeness (QED) is 0.710. The highest BCUT2D eigenvalue weighted by molar-refractivity contribution is 7.89. The molecular weight excluding hydrogens is 348 g/mol. The van der Waals surface area contributed by atoms with Crippen LogP contribution in [0.15, 0.2) is 27.6 Å². The smallest absolute Gasteiger partial charge is 0.245 e. The predicted molar refractivity (Wildman–Crippen MR) is 89.3 cm³/mol. The molecule has 4 rings (SSSR count). The third-order valence-corrected chi connectivity index (χ3v) is 6.94. The minimum atomic E-state index is -3.68. The summed E-state index contributed by atoms with van der Waals surface area (Å²) in [6, 6.07) is 4.83. The first-order chi connectivity index (χ1) is 11.5. The number of fused-ring (bicyclic) bond motifs is 1. The minimum absolute atomic E-state index is 0.215. The van der Waals surface area contributed by atoms with Gasteiger partial charge in [0.2, 0.25) is 10.0 Å². The van der Waals surface area contributed by atoms with Crippen molar-refractivity contribution in [3.05, 3.63) is 35.2 Å². The molecule has 7 nitrogen and oxygen atoms in total. The molecular formula is C15H16N4O3S2. The maximum absolute atomic E-state index is 13.3. The highest BCUT2D eigenvalue weighted by Crippen LogP contribution is 2.40. The Balaban J connectivity index is 1.83. The Labute approximate surface area is 143 Å². The number of benzene rings is 1. The van der Waals surface area contributed by atoms with Crippen LogP contribution in [0.3, 0.4) is 0 Å². The van der Waals surface area contributed by atoms with Gasteiger partial charge in [-0.2, -0.15) is 13.1 Å². The van der Waals surface area contributed by atoms with Gasteiger partial charge in [0.25, 0.3) is 0 Å². The van der Waals surface area contributed by atoms with Gasteiger partial charge in [0.05, 0.1) is 23.5 Å². The normalized spacial score (nSPS) is 19.3. The monoisotopic (exact) mass is 364 g/mol. The lowest BCUT2D eigenvalue weighted by atomic mass is 10.0. The van der Waals surface area contributed by atoms with E-state index in [1.807, 2.05) is 13.8 Å². The summed E-state index contributed by atoms with van der Waals surface area (Å²) in [5, 5.41) is 3.97. The molecule has 9 heteroatoms. The average molecular weight is 364 g/mol. The van der Waals surface area contributed by atoms with Crippen LogP contribution >= 0.6 is 11.7 Å². The maximum Gasteiger partial charge on any atom is 0.245 e. The fourth-order valence-corrected chi connectivity index (χ4v) is 5.82. The second-order valence-electron chi connectivity index (χ2n) is 5.90. The van der Waals surface area contributed by atoms with Crippen molar-refractivity contribution in [3.8, 4) is 0 Å². The Kier molecular flexibility index (Phi) is 3.66. The lowest BCUT2D eigenvalue weighted by Gasteiger charge is -2.24. The van der Waals surface area contributed by atoms with Crippen molar-refractivity contribution in [2.45, 2.75) is 37.6 Å². The van der Waals surface area contributed by atoms with Gasteiger partial charge in [-0.1, -0.05) is 11.2 Å². The highest BCUT2D eigenvalue weighted by Gasteiger charge is 2.39. The first kappa shape index (κ1) is 15.7. The van der Waals surface area contributed by atoms with E-state index in [4.69, 9.17) is 4.52 Å². The van der Waals surface area contributed by atoms with Crippen molar-refractivity contribution in [2.75, 3.05) is 6.54 Å². The molecule has 0 saturated carbocycles. The van der Waals surface area contributed by atoms with Gasteiger partial charge in [-0.15, -0.1) is 0 Å². The molecule has 1 fully saturated rings. The van der Waals surface area contributed by atoms with E-state index < -0.39 is 10.0 Å². The van der Waals surface area contributed by atoms with Gasteiger partial charge < -0.3 is 4.52 Å². The Morgan fingerprint density at radius 2 is 2.12 bits per heavy atom. The zero-order valence-electron chi connectivity index (χ0n) is 13.3. The van der Waals surface area contributed by atoms with Crippen molar-refractivity contribution in [1.29, 1.82) is 0 Å². The molecule has 3 heterocycles. The van der Waals surface area contributed by atoms with E-state index in [2.05, 4.69) is 13.9 Å². The topological polar surface area (TPSA) is 89.2 Å². The number of sulfonamides is 1. The Hall–Kier alpha value is -1.84. The first-order valence-corrected chi connectivity index (χ1v) is 9.83. The largest absolute Gasteiger partial charge is 0.361 e. The zero-order valence-corrected chi connectivity index (χ0v) is 14.9. The molecule has 1 atom stereocenters. The lowest BCUT2D eigenvalue weighted by molar-refractivity contribution is 0.376. The average Bonchev–Trinajstić information content (AvgIpc) is 3.26. The molecule has 126 valence electrons. The molecule has 0 amide bonds. The van der Waals surface area contributed by atoms with Gasteiger partial charge in [0.15, 0.2) is 0 Å². The third kappa shape index (κ3) is 2.27. The number of hydrogen-bond donors (Lipinski definition) is 0. The standard InChI is InChI=1S/C15H16N4O3S2/c1-9-14(10(2)22-16-9)12-6-4-8-19(12)24(20,21)13-7-3-5-11-15(13)18-23-17-11/h3,5,7,12H,4,6,8H2,1-2H3/t12-/m0/s1. The van der Waals surface area contributed by atoms with Crippen molar-refractivity contribution in [3.63, 3.8) is 0 Å². The number of hydrogen-bond acceptors (Lipinski definition) is 7. The summed E-state index contributed by atoms with van der Waals surface area (Å²) in [6.07, 6.45) is 1.56. The zero-order chi connectivity index (χ0) is 16.9. The number of nitrogens with zero attached hydrogens (tertiary/aromatic N) is 4. The van der Waals surface area contributed by atoms with E-state index in [1.165, 1.54) is 0 Å². The highest BCUT2D eigenvalue weighted by atomic mass is 32.2. The van der Waals surface area contributed by atoms with E-state index in [0.717, 1.165) is 35.8 Å². The Morgan fingerprint density at radius 3 is 2.88 bits per heavy atom. The van der Waals surface area contributed by atoms with Gasteiger partial charge in [-0.3, -0.25) is 0 Å². The van der Waals surface area contributed by atoms with Gasteiger partial charge in [-0.25, -0.2) is 8.42 Å². The fourth-order valence-electron chi connectivity index (χ4n) is 3.40. The molecule has 2 aromatic heterocycles. The van der Waals surface area contributed by atoms with Crippen LogP contribution in [-0.4, -0.2) is 33.2 Å². The molecule has 24 heavy (non-hydrogen) atoms. The molecule has 1 saturated heterocycles. The summed E-state index contributed by atoms with van der Waals surface area (Å²) in [7, 11) is -3.68. The van der Waals surface area contributed by atoms with Crippen LogP contribution in [0.1, 0.15) is 35.9 Å². The second-order valence-corrected chi connectivity index (χ2v) is 8.29. The summed E-state index contributed by atoms with van der Waals surface area (Å²) < 4.78 is 41.7. The van der Waals surface area contributed by atoms with Crippen molar-refractivity contribution in [1.82, 2.24) is 18.2 Å². The van der Waals surface area contributed by atoms with E-state index in [-0.39, 0.29) is 10.9 Å². The lowest BCUT2D eigenvalue weighted by Crippen LogP contribution is -2.31. The van der Waals surface area contributed by atoms with Crippen LogP contribution in [0.5, 0.6) is 0 Å². The van der Waals surface area contributed by atoms with E-state index in [9.17, 15) is 8.42 Å². The van der Waals surface area contributed by atoms with Crippen LogP contribution in [-0.2, 0) is 10.0 Å². The summed E-state index contributed by atoms with van der Waals surface area (Å²) >= 11 is 1.02. The van der Waals surface area contributed by atoms with Crippen molar-refractivity contribution >= 4 is 32.8 Å². The minimum Gasteiger partial charge on any atom is -0.361 e. The second kappa shape index (κ2) is 5.61. The molecule has 1 aliphatic rings. The van der Waals surface area contributed by atoms with E-state index in [0.29, 0.717) is 23.3 Å². The van der Waals surface area contributed by atoms with Gasteiger partial charge in [0, 0.05) is 12.1 Å². The molecule has 0 unspecified atom stereocenters. The SMILES string of the molecule is Cc1noc(C)c1[C@@H]1CCCN1S(=O)(=O)c1cccc2nsnc12. The molecule has 0 N–H and O–H groups in total. The molecule has 1 aromatic carbocycles. The summed E-state index contributed by atoms with van der Waals surface area (Å²) in [6.45, 7) is 4.15. The molecule has 3 aromatic rings. The van der Waals surface area contributed by atoms with Crippen LogP contribution in [0.2, 0.25) is 0 Å². The van der Waals surface area contributed by atoms with Gasteiger partial charge in [0.1, 0.15) is 21.7 Å². The molecule has 0 bridgehead atoms. The molecule has 0 spiro atoms. The van der Waals surface area contributed by atoms with Crippen LogP contribution in [0.4, 0.5) is 0 Å². The third-order valence-electron chi connectivity index (χ3n) is 4.46. The number of aryl methyl sites for hydroxylation is 2. The molecule has 0 radical (unpaired) electrons. The Bertz CT molecular complexity index is 989. The van der Waals surface area contributed by atoms with Gasteiger partial charge >= 0.3 is 0 Å². The Morgan fingerprint density at radius 1 is 1.29 bits per heavy atom. The molecule has 1 aliphatic heterocycles. The summed E-state index contributed by atoms with van der Waals surface area (Å²) in [5.74, 6) is 0.674. The van der Waals surface area contributed by atoms with Crippen LogP contribution < -0.4 is 0 Å². The maximum atomic E-state index is 13.3. The van der Waals surface area contributed by atoms with Crippen molar-refractivity contribution < 1.29 is 12.9 Å². The van der Waals surface area contributed by atoms with E-state index >= 15 is 0 Å². The molecule has 0 aliphatic carbocycles. The predicted octanol–water partition coefficient (Wildman–Crippen LogP) is 2.82. The van der Waals surface area contributed by atoms with Crippen molar-refractivity contribution in [2.24, 2.45) is 0 Å².